The number of pyridine rings is 1. The normalized spacial score (nSPS) is 11.4. The van der Waals surface area contributed by atoms with Crippen LogP contribution >= 0.6 is 0 Å². The highest BCUT2D eigenvalue weighted by atomic mass is 16.6. The summed E-state index contributed by atoms with van der Waals surface area (Å²) in [5.74, 6) is 0.269. The van der Waals surface area contributed by atoms with Gasteiger partial charge < -0.3 is 20.5 Å². The topological polar surface area (TPSA) is 104 Å². The Hall–Kier alpha value is -3.87. The number of rotatable bonds is 9. The number of nitrogens with one attached hydrogen (secondary N) is 1. The van der Waals surface area contributed by atoms with Crippen LogP contribution in [0.1, 0.15) is 78.6 Å². The molecule has 3 rings (SSSR count). The average Bonchev–Trinajstić information content (AvgIpc) is 2.82. The molecule has 1 aromatic heterocycles. The fraction of sp³-hybridized carbons (Fsp3) is 0.406. The molecule has 0 saturated carbocycles. The van der Waals surface area contributed by atoms with Gasteiger partial charge in [-0.05, 0) is 76.6 Å². The summed E-state index contributed by atoms with van der Waals surface area (Å²) >= 11 is 0. The van der Waals surface area contributed by atoms with E-state index in [9.17, 15) is 9.59 Å². The van der Waals surface area contributed by atoms with Gasteiger partial charge in [-0.1, -0.05) is 55.8 Å². The second kappa shape index (κ2) is 12.3. The molecule has 3 N–H and O–H groups in total. The standard InChI is InChI=1S/C32H41N3O4/c1-19(2)16-27-25(17-34-31(37)39-32(6,7)8)28(23-14-12-20(3)13-15-23)26(22(5)35-27)18-38-29-21(4)10-9-11-24(29)30(33)36/h9-15,19H,16-18H2,1-8H3,(H2,33,36)(H,34,37). The van der Waals surface area contributed by atoms with Crippen molar-refractivity contribution in [2.24, 2.45) is 11.7 Å². The molecule has 0 unspecified atom stereocenters. The van der Waals surface area contributed by atoms with Crippen LogP contribution in [0.3, 0.4) is 0 Å². The summed E-state index contributed by atoms with van der Waals surface area (Å²) in [5, 5.41) is 2.94. The monoisotopic (exact) mass is 531 g/mol. The summed E-state index contributed by atoms with van der Waals surface area (Å²) < 4.78 is 11.8. The minimum atomic E-state index is -0.610. The number of carbonyl (C=O) groups is 2. The van der Waals surface area contributed by atoms with Gasteiger partial charge in [0.25, 0.3) is 5.91 Å². The maximum absolute atomic E-state index is 12.6. The predicted octanol–water partition coefficient (Wildman–Crippen LogP) is 6.57. The zero-order chi connectivity index (χ0) is 28.9. The second-order valence-corrected chi connectivity index (χ2v) is 11.4. The Balaban J connectivity index is 2.16. The van der Waals surface area contributed by atoms with Crippen molar-refractivity contribution in [3.8, 4) is 16.9 Å². The molecule has 0 fully saturated rings. The molecule has 0 bridgehead atoms. The van der Waals surface area contributed by atoms with Crippen LogP contribution in [-0.2, 0) is 24.3 Å². The van der Waals surface area contributed by atoms with Crippen LogP contribution in [0, 0.1) is 26.7 Å². The lowest BCUT2D eigenvalue weighted by Crippen LogP contribution is -2.32. The van der Waals surface area contributed by atoms with E-state index in [4.69, 9.17) is 20.2 Å². The van der Waals surface area contributed by atoms with E-state index < -0.39 is 17.6 Å². The molecular formula is C32H41N3O4. The van der Waals surface area contributed by atoms with Gasteiger partial charge in [-0.25, -0.2) is 4.79 Å². The molecule has 0 aliphatic carbocycles. The van der Waals surface area contributed by atoms with Crippen molar-refractivity contribution in [3.05, 3.63) is 81.7 Å². The fourth-order valence-electron chi connectivity index (χ4n) is 4.49. The third kappa shape index (κ3) is 7.82. The van der Waals surface area contributed by atoms with Crippen molar-refractivity contribution < 1.29 is 19.1 Å². The Morgan fingerprint density at radius 3 is 2.26 bits per heavy atom. The molecule has 0 radical (unpaired) electrons. The van der Waals surface area contributed by atoms with Gasteiger partial charge in [0.1, 0.15) is 18.0 Å². The van der Waals surface area contributed by atoms with Gasteiger partial charge in [-0.2, -0.15) is 0 Å². The molecule has 0 aliphatic heterocycles. The summed E-state index contributed by atoms with van der Waals surface area (Å²) in [6, 6.07) is 13.6. The molecule has 7 nitrogen and oxygen atoms in total. The summed E-state index contributed by atoms with van der Waals surface area (Å²) in [4.78, 5) is 29.7. The maximum atomic E-state index is 12.6. The van der Waals surface area contributed by atoms with Gasteiger partial charge in [0.05, 0.1) is 5.56 Å². The number of nitrogens with zero attached hydrogens (tertiary/aromatic N) is 1. The number of carbonyl (C=O) groups excluding carboxylic acids is 2. The van der Waals surface area contributed by atoms with Crippen LogP contribution in [0.2, 0.25) is 0 Å². The number of aryl methyl sites for hydroxylation is 3. The van der Waals surface area contributed by atoms with E-state index in [0.29, 0.717) is 17.2 Å². The van der Waals surface area contributed by atoms with E-state index in [1.165, 1.54) is 0 Å². The first-order valence-electron chi connectivity index (χ1n) is 13.3. The van der Waals surface area contributed by atoms with E-state index >= 15 is 0 Å². The number of ether oxygens (including phenoxy) is 2. The zero-order valence-corrected chi connectivity index (χ0v) is 24.4. The first kappa shape index (κ1) is 29.7. The van der Waals surface area contributed by atoms with Gasteiger partial charge in [-0.15, -0.1) is 0 Å². The number of hydrogen-bond donors (Lipinski definition) is 2. The molecule has 0 spiro atoms. The number of amides is 2. The van der Waals surface area contributed by atoms with Gasteiger partial charge in [-0.3, -0.25) is 9.78 Å². The van der Waals surface area contributed by atoms with Crippen molar-refractivity contribution >= 4 is 12.0 Å². The first-order valence-corrected chi connectivity index (χ1v) is 13.3. The Morgan fingerprint density at radius 2 is 1.67 bits per heavy atom. The third-order valence-corrected chi connectivity index (χ3v) is 6.28. The molecule has 1 heterocycles. The molecule has 3 aromatic rings. The molecule has 0 aliphatic rings. The number of hydrogen-bond acceptors (Lipinski definition) is 5. The number of primary amides is 1. The third-order valence-electron chi connectivity index (χ3n) is 6.28. The summed E-state index contributed by atoms with van der Waals surface area (Å²) in [7, 11) is 0. The summed E-state index contributed by atoms with van der Waals surface area (Å²) in [6.45, 7) is 16.1. The van der Waals surface area contributed by atoms with Crippen LogP contribution in [0.15, 0.2) is 42.5 Å². The van der Waals surface area contributed by atoms with Gasteiger partial charge >= 0.3 is 6.09 Å². The Bertz CT molecular complexity index is 1340. The molecule has 2 amide bonds. The first-order chi connectivity index (χ1) is 18.3. The number of para-hydroxylation sites is 1. The van der Waals surface area contributed by atoms with Crippen LogP contribution in [0.25, 0.3) is 11.1 Å². The Kier molecular flexibility index (Phi) is 9.38. The molecule has 0 saturated heterocycles. The summed E-state index contributed by atoms with van der Waals surface area (Å²) in [5.41, 5.74) is 12.8. The van der Waals surface area contributed by atoms with Crippen molar-refractivity contribution in [3.63, 3.8) is 0 Å². The highest BCUT2D eigenvalue weighted by Crippen LogP contribution is 2.34. The zero-order valence-electron chi connectivity index (χ0n) is 24.4. The lowest BCUT2D eigenvalue weighted by Gasteiger charge is -2.24. The highest BCUT2D eigenvalue weighted by Gasteiger charge is 2.23. The molecule has 7 heteroatoms. The number of alkyl carbamates (subject to hydrolysis) is 1. The predicted molar refractivity (Wildman–Crippen MR) is 155 cm³/mol. The number of nitrogens with two attached hydrogens (primary N) is 1. The molecule has 39 heavy (non-hydrogen) atoms. The van der Waals surface area contributed by atoms with Crippen molar-refractivity contribution in [1.82, 2.24) is 10.3 Å². The average molecular weight is 532 g/mol. The van der Waals surface area contributed by atoms with Crippen molar-refractivity contribution in [1.29, 1.82) is 0 Å². The second-order valence-electron chi connectivity index (χ2n) is 11.4. The van der Waals surface area contributed by atoms with Gasteiger partial charge in [0.15, 0.2) is 0 Å². The van der Waals surface area contributed by atoms with Gasteiger partial charge in [0, 0.05) is 29.1 Å². The highest BCUT2D eigenvalue weighted by molar-refractivity contribution is 5.96. The van der Waals surface area contributed by atoms with Crippen LogP contribution in [-0.4, -0.2) is 22.6 Å². The Morgan fingerprint density at radius 1 is 1.00 bits per heavy atom. The molecule has 0 atom stereocenters. The smallest absolute Gasteiger partial charge is 0.407 e. The van der Waals surface area contributed by atoms with Crippen LogP contribution < -0.4 is 15.8 Å². The summed E-state index contributed by atoms with van der Waals surface area (Å²) in [6.07, 6.45) is 0.257. The Labute approximate surface area is 232 Å². The van der Waals surface area contributed by atoms with E-state index in [-0.39, 0.29) is 13.2 Å². The number of benzene rings is 2. The minimum Gasteiger partial charge on any atom is -0.488 e. The molecule has 2 aromatic carbocycles. The van der Waals surface area contributed by atoms with E-state index in [1.807, 2.05) is 47.6 Å². The maximum Gasteiger partial charge on any atom is 0.407 e. The molecular weight excluding hydrogens is 490 g/mol. The fourth-order valence-corrected chi connectivity index (χ4v) is 4.49. The van der Waals surface area contributed by atoms with E-state index in [2.05, 4.69) is 43.4 Å². The SMILES string of the molecule is Cc1ccc(-c2c(COc3c(C)cccc3C(N)=O)c(C)nc(CC(C)C)c2CNC(=O)OC(C)(C)C)cc1. The number of aromatic nitrogens is 1. The van der Waals surface area contributed by atoms with Crippen LogP contribution in [0.4, 0.5) is 4.79 Å². The van der Waals surface area contributed by atoms with E-state index in [1.54, 1.807) is 12.1 Å². The molecule has 208 valence electrons. The minimum absolute atomic E-state index is 0.175. The van der Waals surface area contributed by atoms with Gasteiger partial charge in [0.2, 0.25) is 0 Å². The van der Waals surface area contributed by atoms with Crippen molar-refractivity contribution in [2.75, 3.05) is 0 Å². The van der Waals surface area contributed by atoms with E-state index in [0.717, 1.165) is 51.2 Å². The largest absolute Gasteiger partial charge is 0.488 e. The van der Waals surface area contributed by atoms with Crippen LogP contribution in [0.5, 0.6) is 5.75 Å². The lowest BCUT2D eigenvalue weighted by molar-refractivity contribution is 0.0523. The quantitative estimate of drug-likeness (QED) is 0.325. The lowest BCUT2D eigenvalue weighted by atomic mass is 9.90. The van der Waals surface area contributed by atoms with Crippen molar-refractivity contribution in [2.45, 2.75) is 80.6 Å².